The third kappa shape index (κ3) is 2.76. The first-order valence-corrected chi connectivity index (χ1v) is 6.11. The van der Waals surface area contributed by atoms with Crippen LogP contribution in [0.25, 0.3) is 10.9 Å². The molecule has 0 bridgehead atoms. The van der Waals surface area contributed by atoms with Crippen LogP contribution in [-0.4, -0.2) is 28.0 Å². The molecule has 1 amide bonds. The van der Waals surface area contributed by atoms with Crippen molar-refractivity contribution in [3.8, 4) is 0 Å². The minimum atomic E-state index is -1.05. The molecule has 1 aromatic heterocycles. The summed E-state index contributed by atoms with van der Waals surface area (Å²) in [5.41, 5.74) is 1.34. The van der Waals surface area contributed by atoms with Crippen LogP contribution in [-0.2, 0) is 11.2 Å². The van der Waals surface area contributed by atoms with E-state index in [0.29, 0.717) is 5.56 Å². The first-order chi connectivity index (χ1) is 8.99. The lowest BCUT2D eigenvalue weighted by Crippen LogP contribution is -2.31. The smallest absolute Gasteiger partial charge is 0.352 e. The molecule has 5 nitrogen and oxygen atoms in total. The zero-order valence-electron chi connectivity index (χ0n) is 10.9. The molecule has 100 valence electrons. The van der Waals surface area contributed by atoms with E-state index in [4.69, 9.17) is 0 Å². The van der Waals surface area contributed by atoms with Crippen LogP contribution in [0.4, 0.5) is 0 Å². The van der Waals surface area contributed by atoms with Crippen molar-refractivity contribution in [1.29, 1.82) is 0 Å². The van der Waals surface area contributed by atoms with Crippen LogP contribution in [0.15, 0.2) is 24.3 Å². The lowest BCUT2D eigenvalue weighted by Gasteiger charge is -2.08. The van der Waals surface area contributed by atoms with Gasteiger partial charge in [0.2, 0.25) is 5.91 Å². The van der Waals surface area contributed by atoms with Gasteiger partial charge in [0.25, 0.3) is 0 Å². The Kier molecular flexibility index (Phi) is 3.55. The number of nitrogens with one attached hydrogen (secondary N) is 2. The molecule has 1 aromatic carbocycles. The van der Waals surface area contributed by atoms with E-state index in [9.17, 15) is 14.7 Å². The van der Waals surface area contributed by atoms with E-state index >= 15 is 0 Å². The summed E-state index contributed by atoms with van der Waals surface area (Å²) in [6, 6.07) is 7.29. The number of carbonyl (C=O) groups is 2. The largest absolute Gasteiger partial charge is 0.477 e. The number of amides is 1. The maximum Gasteiger partial charge on any atom is 0.352 e. The molecular formula is C14H16N2O3. The topological polar surface area (TPSA) is 82.2 Å². The maximum atomic E-state index is 11.8. The van der Waals surface area contributed by atoms with E-state index in [-0.39, 0.29) is 24.1 Å². The number of fused-ring (bicyclic) bond motifs is 1. The summed E-state index contributed by atoms with van der Waals surface area (Å²) in [5.74, 6) is -1.23. The predicted molar refractivity (Wildman–Crippen MR) is 72.2 cm³/mol. The van der Waals surface area contributed by atoms with Gasteiger partial charge >= 0.3 is 5.97 Å². The minimum absolute atomic E-state index is 0.0333. The van der Waals surface area contributed by atoms with Crippen molar-refractivity contribution in [1.82, 2.24) is 10.3 Å². The second kappa shape index (κ2) is 5.14. The molecule has 0 aliphatic rings. The average molecular weight is 260 g/mol. The summed E-state index contributed by atoms with van der Waals surface area (Å²) in [5, 5.41) is 12.7. The number of para-hydroxylation sites is 1. The summed E-state index contributed by atoms with van der Waals surface area (Å²) in [7, 11) is 0. The van der Waals surface area contributed by atoms with Gasteiger partial charge in [0.15, 0.2) is 0 Å². The molecule has 0 saturated heterocycles. The number of aromatic amines is 1. The number of carboxylic acids is 1. The summed E-state index contributed by atoms with van der Waals surface area (Å²) in [6.45, 7) is 3.73. The molecule has 0 aliphatic carbocycles. The molecular weight excluding hydrogens is 244 g/mol. The Hall–Kier alpha value is -2.30. The Morgan fingerprint density at radius 1 is 1.32 bits per heavy atom. The number of hydrogen-bond donors (Lipinski definition) is 3. The fourth-order valence-electron chi connectivity index (χ4n) is 2.10. The van der Waals surface area contributed by atoms with Crippen molar-refractivity contribution >= 4 is 22.8 Å². The van der Waals surface area contributed by atoms with E-state index in [1.165, 1.54) is 0 Å². The van der Waals surface area contributed by atoms with Crippen molar-refractivity contribution in [2.45, 2.75) is 26.3 Å². The summed E-state index contributed by atoms with van der Waals surface area (Å²) in [6.07, 6.45) is 0.0594. The fraction of sp³-hybridized carbons (Fsp3) is 0.286. The lowest BCUT2D eigenvalue weighted by molar-refractivity contribution is -0.120. The first kappa shape index (κ1) is 13.1. The van der Waals surface area contributed by atoms with Crippen LogP contribution < -0.4 is 5.32 Å². The van der Waals surface area contributed by atoms with Gasteiger partial charge in [-0.25, -0.2) is 4.79 Å². The lowest BCUT2D eigenvalue weighted by atomic mass is 10.1. The van der Waals surface area contributed by atoms with Crippen LogP contribution >= 0.6 is 0 Å². The SMILES string of the molecule is CC(C)NC(=O)Cc1c(C(=O)O)[nH]c2ccccc12. The van der Waals surface area contributed by atoms with Gasteiger partial charge in [0.1, 0.15) is 5.69 Å². The highest BCUT2D eigenvalue weighted by Crippen LogP contribution is 2.23. The molecule has 0 aliphatic heterocycles. The van der Waals surface area contributed by atoms with Gasteiger partial charge in [0, 0.05) is 22.5 Å². The first-order valence-electron chi connectivity index (χ1n) is 6.11. The van der Waals surface area contributed by atoms with E-state index < -0.39 is 5.97 Å². The van der Waals surface area contributed by atoms with Crippen LogP contribution in [0.1, 0.15) is 29.9 Å². The quantitative estimate of drug-likeness (QED) is 0.785. The molecule has 0 unspecified atom stereocenters. The molecule has 0 saturated carbocycles. The normalized spacial score (nSPS) is 10.9. The minimum Gasteiger partial charge on any atom is -0.477 e. The van der Waals surface area contributed by atoms with Crippen molar-refractivity contribution in [2.75, 3.05) is 0 Å². The van der Waals surface area contributed by atoms with E-state index in [2.05, 4.69) is 10.3 Å². The molecule has 0 spiro atoms. The van der Waals surface area contributed by atoms with E-state index in [1.807, 2.05) is 32.0 Å². The number of H-pyrrole nitrogens is 1. The van der Waals surface area contributed by atoms with Gasteiger partial charge in [-0.15, -0.1) is 0 Å². The predicted octanol–water partition coefficient (Wildman–Crippen LogP) is 1.93. The average Bonchev–Trinajstić information content (AvgIpc) is 2.67. The van der Waals surface area contributed by atoms with Gasteiger partial charge in [-0.2, -0.15) is 0 Å². The molecule has 0 radical (unpaired) electrons. The highest BCUT2D eigenvalue weighted by molar-refractivity contribution is 5.99. The summed E-state index contributed by atoms with van der Waals surface area (Å²) >= 11 is 0. The number of rotatable bonds is 4. The highest BCUT2D eigenvalue weighted by atomic mass is 16.4. The highest BCUT2D eigenvalue weighted by Gasteiger charge is 2.19. The Bertz CT molecular complexity index is 629. The van der Waals surface area contributed by atoms with Gasteiger partial charge in [-0.3, -0.25) is 4.79 Å². The molecule has 5 heteroatoms. The van der Waals surface area contributed by atoms with E-state index in [1.54, 1.807) is 6.07 Å². The zero-order valence-corrected chi connectivity index (χ0v) is 10.9. The number of aromatic nitrogens is 1. The second-order valence-electron chi connectivity index (χ2n) is 4.73. The van der Waals surface area contributed by atoms with Crippen molar-refractivity contribution in [3.63, 3.8) is 0 Å². The maximum absolute atomic E-state index is 11.8. The zero-order chi connectivity index (χ0) is 14.0. The molecule has 19 heavy (non-hydrogen) atoms. The van der Waals surface area contributed by atoms with Crippen molar-refractivity contribution < 1.29 is 14.7 Å². The molecule has 0 fully saturated rings. The Morgan fingerprint density at radius 2 is 2.00 bits per heavy atom. The third-order valence-corrected chi connectivity index (χ3v) is 2.81. The van der Waals surface area contributed by atoms with Crippen LogP contribution in [0.2, 0.25) is 0 Å². The van der Waals surface area contributed by atoms with Gasteiger partial charge in [-0.05, 0) is 19.9 Å². The third-order valence-electron chi connectivity index (χ3n) is 2.81. The van der Waals surface area contributed by atoms with Gasteiger partial charge in [-0.1, -0.05) is 18.2 Å². The Labute approximate surface area is 110 Å². The number of carboxylic acid groups (broad SMARTS) is 1. The van der Waals surface area contributed by atoms with Crippen molar-refractivity contribution in [2.24, 2.45) is 0 Å². The van der Waals surface area contributed by atoms with Crippen LogP contribution in [0, 0.1) is 0 Å². The Morgan fingerprint density at radius 3 is 2.63 bits per heavy atom. The van der Waals surface area contributed by atoms with Crippen LogP contribution in [0.5, 0.6) is 0 Å². The molecule has 3 N–H and O–H groups in total. The second-order valence-corrected chi connectivity index (χ2v) is 4.73. The molecule has 0 atom stereocenters. The summed E-state index contributed by atoms with van der Waals surface area (Å²) in [4.78, 5) is 25.9. The molecule has 2 aromatic rings. The van der Waals surface area contributed by atoms with Crippen LogP contribution in [0.3, 0.4) is 0 Å². The van der Waals surface area contributed by atoms with Crippen molar-refractivity contribution in [3.05, 3.63) is 35.5 Å². The van der Waals surface area contributed by atoms with Gasteiger partial charge in [0.05, 0.1) is 6.42 Å². The fourth-order valence-corrected chi connectivity index (χ4v) is 2.10. The summed E-state index contributed by atoms with van der Waals surface area (Å²) < 4.78 is 0. The standard InChI is InChI=1S/C14H16N2O3/c1-8(2)15-12(17)7-10-9-5-3-4-6-11(9)16-13(10)14(18)19/h3-6,8,16H,7H2,1-2H3,(H,15,17)(H,18,19). The number of benzene rings is 1. The van der Waals surface area contributed by atoms with E-state index in [0.717, 1.165) is 10.9 Å². The monoisotopic (exact) mass is 260 g/mol. The number of carbonyl (C=O) groups excluding carboxylic acids is 1. The van der Waals surface area contributed by atoms with Gasteiger partial charge < -0.3 is 15.4 Å². The Balaban J connectivity index is 2.42. The number of hydrogen-bond acceptors (Lipinski definition) is 2. The molecule has 1 heterocycles. The molecule has 2 rings (SSSR count). The number of aromatic carboxylic acids is 1.